The number of aliphatic hydroxyl groups excluding tert-OH is 1. The van der Waals surface area contributed by atoms with Crippen LogP contribution >= 0.6 is 0 Å². The first-order valence-electron chi connectivity index (χ1n) is 10.2. The van der Waals surface area contributed by atoms with E-state index >= 15 is 0 Å². The van der Waals surface area contributed by atoms with Crippen molar-refractivity contribution < 1.29 is 9.90 Å². The molecule has 3 nitrogen and oxygen atoms in total. The number of fused-ring (bicyclic) bond motifs is 1. The highest BCUT2D eigenvalue weighted by Crippen LogP contribution is 2.34. The Morgan fingerprint density at radius 2 is 1.71 bits per heavy atom. The molecule has 1 heterocycles. The van der Waals surface area contributed by atoms with Crippen LogP contribution in [0.2, 0.25) is 0 Å². The summed E-state index contributed by atoms with van der Waals surface area (Å²) in [5, 5.41) is 9.65. The Labute approximate surface area is 167 Å². The second kappa shape index (κ2) is 8.57. The molecule has 3 heteroatoms. The number of hydrogen-bond donors (Lipinski definition) is 1. The summed E-state index contributed by atoms with van der Waals surface area (Å²) in [5.41, 5.74) is 6.57. The van der Waals surface area contributed by atoms with Gasteiger partial charge in [-0.1, -0.05) is 60.7 Å². The van der Waals surface area contributed by atoms with Crippen LogP contribution in [0.5, 0.6) is 0 Å². The molecule has 144 valence electrons. The van der Waals surface area contributed by atoms with Crippen molar-refractivity contribution >= 4 is 11.5 Å². The van der Waals surface area contributed by atoms with E-state index in [1.807, 2.05) is 17.0 Å². The molecule has 2 aromatic carbocycles. The minimum absolute atomic E-state index is 0.0531. The molecule has 1 saturated heterocycles. The maximum absolute atomic E-state index is 12.6. The zero-order valence-electron chi connectivity index (χ0n) is 16.2. The smallest absolute Gasteiger partial charge is 0.246 e. The molecule has 4 rings (SSSR count). The van der Waals surface area contributed by atoms with Gasteiger partial charge in [0.1, 0.15) is 0 Å². The van der Waals surface area contributed by atoms with Crippen molar-refractivity contribution in [2.24, 2.45) is 0 Å². The summed E-state index contributed by atoms with van der Waals surface area (Å²) in [6.45, 7) is 1.28. The second-order valence-corrected chi connectivity index (χ2v) is 7.71. The molecule has 0 saturated carbocycles. The number of carbonyl (C=O) groups is 1. The van der Waals surface area contributed by atoms with Crippen molar-refractivity contribution in [2.45, 2.75) is 38.2 Å². The van der Waals surface area contributed by atoms with E-state index in [1.54, 1.807) is 6.08 Å². The number of benzene rings is 2. The minimum Gasteiger partial charge on any atom is -0.393 e. The summed E-state index contributed by atoms with van der Waals surface area (Å²) in [5.74, 6) is 0.0531. The lowest BCUT2D eigenvalue weighted by Gasteiger charge is -2.28. The number of allylic oxidation sites excluding steroid dienone is 3. The third-order valence-electron chi connectivity index (χ3n) is 5.82. The van der Waals surface area contributed by atoms with Gasteiger partial charge in [-0.25, -0.2) is 0 Å². The van der Waals surface area contributed by atoms with Crippen molar-refractivity contribution in [1.29, 1.82) is 0 Å². The van der Waals surface area contributed by atoms with E-state index < -0.39 is 0 Å². The summed E-state index contributed by atoms with van der Waals surface area (Å²) in [6.07, 6.45) is 7.70. The number of likely N-dealkylation sites (tertiary alicyclic amines) is 1. The van der Waals surface area contributed by atoms with Crippen LogP contribution in [0.3, 0.4) is 0 Å². The number of aliphatic hydroxyl groups is 1. The van der Waals surface area contributed by atoms with Crippen LogP contribution in [0.1, 0.15) is 36.0 Å². The third-order valence-corrected chi connectivity index (χ3v) is 5.82. The lowest BCUT2D eigenvalue weighted by molar-refractivity contribution is -0.127. The molecule has 0 spiro atoms. The van der Waals surface area contributed by atoms with Crippen LogP contribution in [-0.2, 0) is 17.6 Å². The monoisotopic (exact) mass is 373 g/mol. The number of piperidine rings is 1. The normalized spacial score (nSPS) is 17.8. The van der Waals surface area contributed by atoms with Gasteiger partial charge in [-0.2, -0.15) is 0 Å². The Kier molecular flexibility index (Phi) is 5.73. The summed E-state index contributed by atoms with van der Waals surface area (Å²) in [7, 11) is 0. The summed E-state index contributed by atoms with van der Waals surface area (Å²) in [6, 6.07) is 19.1. The van der Waals surface area contributed by atoms with Crippen molar-refractivity contribution in [1.82, 2.24) is 4.90 Å². The van der Waals surface area contributed by atoms with Crippen LogP contribution in [-0.4, -0.2) is 35.1 Å². The SMILES string of the molecule is O=C(/C=C/C1=C(Cc2ccccc2)c2ccccc2CC1)N1CCC(O)CC1. The van der Waals surface area contributed by atoms with Gasteiger partial charge in [0, 0.05) is 19.2 Å². The van der Waals surface area contributed by atoms with Crippen LogP contribution in [0, 0.1) is 0 Å². The highest BCUT2D eigenvalue weighted by Gasteiger charge is 2.21. The largest absolute Gasteiger partial charge is 0.393 e. The minimum atomic E-state index is -0.261. The second-order valence-electron chi connectivity index (χ2n) is 7.71. The van der Waals surface area contributed by atoms with Gasteiger partial charge < -0.3 is 10.0 Å². The highest BCUT2D eigenvalue weighted by atomic mass is 16.3. The first-order valence-corrected chi connectivity index (χ1v) is 10.2. The molecule has 0 aromatic heterocycles. The maximum Gasteiger partial charge on any atom is 0.246 e. The molecule has 28 heavy (non-hydrogen) atoms. The zero-order chi connectivity index (χ0) is 19.3. The van der Waals surface area contributed by atoms with Crippen molar-refractivity contribution in [3.8, 4) is 0 Å². The van der Waals surface area contributed by atoms with Gasteiger partial charge in [-0.05, 0) is 59.9 Å². The van der Waals surface area contributed by atoms with Crippen LogP contribution in [0.25, 0.3) is 5.57 Å². The molecule has 2 aromatic rings. The zero-order valence-corrected chi connectivity index (χ0v) is 16.2. The predicted molar refractivity (Wildman–Crippen MR) is 113 cm³/mol. The van der Waals surface area contributed by atoms with E-state index in [9.17, 15) is 9.90 Å². The number of rotatable bonds is 4. The van der Waals surface area contributed by atoms with Crippen molar-refractivity contribution in [2.75, 3.05) is 13.1 Å². The first kappa shape index (κ1) is 18.7. The van der Waals surface area contributed by atoms with Crippen LogP contribution in [0.4, 0.5) is 0 Å². The average molecular weight is 373 g/mol. The first-order chi connectivity index (χ1) is 13.7. The van der Waals surface area contributed by atoms with E-state index in [2.05, 4.69) is 48.5 Å². The topological polar surface area (TPSA) is 40.5 Å². The Morgan fingerprint density at radius 1 is 1.00 bits per heavy atom. The molecule has 0 radical (unpaired) electrons. The van der Waals surface area contributed by atoms with Gasteiger partial charge >= 0.3 is 0 Å². The molecule has 2 aliphatic rings. The van der Waals surface area contributed by atoms with E-state index in [1.165, 1.54) is 27.8 Å². The fourth-order valence-electron chi connectivity index (χ4n) is 4.18. The van der Waals surface area contributed by atoms with Gasteiger partial charge in [0.05, 0.1) is 6.10 Å². The summed E-state index contributed by atoms with van der Waals surface area (Å²) >= 11 is 0. The number of hydrogen-bond acceptors (Lipinski definition) is 2. The Hall–Kier alpha value is -2.65. The quantitative estimate of drug-likeness (QED) is 0.817. The highest BCUT2D eigenvalue weighted by molar-refractivity contribution is 5.89. The van der Waals surface area contributed by atoms with E-state index in [4.69, 9.17) is 0 Å². The Bertz CT molecular complexity index is 890. The van der Waals surface area contributed by atoms with Crippen molar-refractivity contribution in [3.05, 3.63) is 89.0 Å². The molecular formula is C25H27NO2. The number of amides is 1. The molecule has 1 aliphatic heterocycles. The Balaban J connectivity index is 1.60. The molecule has 0 unspecified atom stereocenters. The molecule has 1 aliphatic carbocycles. The Morgan fingerprint density at radius 3 is 2.50 bits per heavy atom. The fraction of sp³-hybridized carbons (Fsp3) is 0.320. The number of carbonyl (C=O) groups excluding carboxylic acids is 1. The molecule has 1 amide bonds. The summed E-state index contributed by atoms with van der Waals surface area (Å²) in [4.78, 5) is 14.4. The fourth-order valence-corrected chi connectivity index (χ4v) is 4.18. The standard InChI is InChI=1S/C25H27NO2/c27-22-14-16-26(17-15-22)25(28)13-12-21-11-10-20-8-4-5-9-23(20)24(21)18-19-6-2-1-3-7-19/h1-9,12-13,22,27H,10-11,14-18H2/b13-12+. The van der Waals surface area contributed by atoms with Gasteiger partial charge in [0.25, 0.3) is 0 Å². The van der Waals surface area contributed by atoms with E-state index in [0.717, 1.165) is 19.3 Å². The number of aryl methyl sites for hydroxylation is 1. The summed E-state index contributed by atoms with van der Waals surface area (Å²) < 4.78 is 0. The van der Waals surface area contributed by atoms with Gasteiger partial charge in [0.2, 0.25) is 5.91 Å². The van der Waals surface area contributed by atoms with Gasteiger partial charge in [0.15, 0.2) is 0 Å². The van der Waals surface area contributed by atoms with Crippen LogP contribution < -0.4 is 0 Å². The van der Waals surface area contributed by atoms with Crippen molar-refractivity contribution in [3.63, 3.8) is 0 Å². The third kappa shape index (κ3) is 4.26. The van der Waals surface area contributed by atoms with Gasteiger partial charge in [-0.3, -0.25) is 4.79 Å². The molecule has 1 N–H and O–H groups in total. The molecule has 0 bridgehead atoms. The van der Waals surface area contributed by atoms with E-state index in [0.29, 0.717) is 25.9 Å². The molecule has 0 atom stereocenters. The average Bonchev–Trinajstić information content (AvgIpc) is 2.74. The van der Waals surface area contributed by atoms with Gasteiger partial charge in [-0.15, -0.1) is 0 Å². The molecule has 1 fully saturated rings. The lowest BCUT2D eigenvalue weighted by Crippen LogP contribution is -2.39. The number of nitrogens with zero attached hydrogens (tertiary/aromatic N) is 1. The maximum atomic E-state index is 12.6. The lowest BCUT2D eigenvalue weighted by atomic mass is 9.82. The predicted octanol–water partition coefficient (Wildman–Crippen LogP) is 4.17. The molecular weight excluding hydrogens is 346 g/mol. The van der Waals surface area contributed by atoms with E-state index in [-0.39, 0.29) is 12.0 Å². The van der Waals surface area contributed by atoms with Crippen LogP contribution in [0.15, 0.2) is 72.3 Å².